The largest absolute Gasteiger partial charge is 0.484 e. The third-order valence-corrected chi connectivity index (χ3v) is 6.43. The van der Waals surface area contributed by atoms with Gasteiger partial charge in [0.1, 0.15) is 18.2 Å². The Morgan fingerprint density at radius 1 is 1.22 bits per heavy atom. The average Bonchev–Trinajstić information content (AvgIpc) is 3.39. The number of anilines is 1. The van der Waals surface area contributed by atoms with E-state index >= 15 is 0 Å². The van der Waals surface area contributed by atoms with Crippen LogP contribution < -0.4 is 10.1 Å². The summed E-state index contributed by atoms with van der Waals surface area (Å²) in [5.41, 5.74) is 1.46. The van der Waals surface area contributed by atoms with Crippen LogP contribution in [0.3, 0.4) is 0 Å². The van der Waals surface area contributed by atoms with Crippen LogP contribution in [0.5, 0.6) is 5.75 Å². The number of nitrogens with zero attached hydrogens (tertiary/aromatic N) is 4. The highest BCUT2D eigenvalue weighted by atomic mass is 35.5. The molecule has 0 aliphatic rings. The fourth-order valence-electron chi connectivity index (χ4n) is 2.67. The third kappa shape index (κ3) is 5.45. The molecule has 0 fully saturated rings. The van der Waals surface area contributed by atoms with Gasteiger partial charge in [-0.3, -0.25) is 4.79 Å². The fourth-order valence-corrected chi connectivity index (χ4v) is 4.33. The van der Waals surface area contributed by atoms with Gasteiger partial charge in [-0.15, -0.1) is 21.5 Å². The van der Waals surface area contributed by atoms with Crippen LogP contribution >= 0.6 is 34.7 Å². The van der Waals surface area contributed by atoms with Crippen molar-refractivity contribution in [1.29, 1.82) is 0 Å². The molecule has 2 aromatic carbocycles. The number of halogens is 2. The van der Waals surface area contributed by atoms with Gasteiger partial charge in [0, 0.05) is 18.0 Å². The predicted octanol–water partition coefficient (Wildman–Crippen LogP) is 5.04. The Balaban J connectivity index is 1.30. The van der Waals surface area contributed by atoms with Gasteiger partial charge >= 0.3 is 0 Å². The van der Waals surface area contributed by atoms with E-state index < -0.39 is 0 Å². The Hall–Kier alpha value is -2.95. The number of hydrogen-bond donors (Lipinski definition) is 1. The van der Waals surface area contributed by atoms with Crippen molar-refractivity contribution in [3.63, 3.8) is 0 Å². The molecule has 7 nitrogen and oxygen atoms in total. The van der Waals surface area contributed by atoms with Crippen molar-refractivity contribution < 1.29 is 13.9 Å². The maximum absolute atomic E-state index is 13.1. The number of carbonyl (C=O) groups is 1. The summed E-state index contributed by atoms with van der Waals surface area (Å²) in [7, 11) is 1.81. The van der Waals surface area contributed by atoms with Crippen molar-refractivity contribution in [2.24, 2.45) is 7.05 Å². The van der Waals surface area contributed by atoms with Crippen molar-refractivity contribution in [1.82, 2.24) is 19.7 Å². The van der Waals surface area contributed by atoms with Gasteiger partial charge in [0.2, 0.25) is 5.91 Å². The van der Waals surface area contributed by atoms with Crippen LogP contribution in [0.25, 0.3) is 11.3 Å². The van der Waals surface area contributed by atoms with Crippen LogP contribution in [0, 0.1) is 5.82 Å². The average molecular weight is 490 g/mol. The number of aromatic nitrogens is 4. The topological polar surface area (TPSA) is 81.9 Å². The molecule has 0 spiro atoms. The predicted molar refractivity (Wildman–Crippen MR) is 124 cm³/mol. The Labute approximate surface area is 196 Å². The van der Waals surface area contributed by atoms with E-state index in [9.17, 15) is 9.18 Å². The molecule has 0 saturated heterocycles. The number of carbonyl (C=O) groups excluding carboxylic acids is 1. The fraction of sp³-hybridized carbons (Fsp3) is 0.143. The van der Waals surface area contributed by atoms with Crippen LogP contribution in [-0.4, -0.2) is 31.4 Å². The second-order valence-corrected chi connectivity index (χ2v) is 8.77. The Morgan fingerprint density at radius 2 is 2.00 bits per heavy atom. The molecule has 0 atom stereocenters. The second kappa shape index (κ2) is 10.1. The van der Waals surface area contributed by atoms with Crippen molar-refractivity contribution in [2.45, 2.75) is 11.8 Å². The molecule has 0 unspecified atom stereocenters. The van der Waals surface area contributed by atoms with E-state index in [1.807, 2.05) is 17.5 Å². The van der Waals surface area contributed by atoms with E-state index in [2.05, 4.69) is 20.5 Å². The molecule has 0 aliphatic carbocycles. The van der Waals surface area contributed by atoms with E-state index in [1.54, 1.807) is 35.9 Å². The van der Waals surface area contributed by atoms with Crippen LogP contribution in [0.2, 0.25) is 5.02 Å². The van der Waals surface area contributed by atoms with Crippen molar-refractivity contribution >= 4 is 45.7 Å². The highest BCUT2D eigenvalue weighted by Crippen LogP contribution is 2.26. The lowest BCUT2D eigenvalue weighted by Crippen LogP contribution is -2.14. The number of para-hydroxylation sites is 1. The molecule has 4 rings (SSSR count). The Bertz CT molecular complexity index is 1230. The summed E-state index contributed by atoms with van der Waals surface area (Å²) >= 11 is 8.65. The maximum Gasteiger partial charge on any atom is 0.236 e. The summed E-state index contributed by atoms with van der Waals surface area (Å²) in [4.78, 5) is 16.7. The molecule has 0 radical (unpaired) electrons. The number of nitrogens with one attached hydrogen (secondary N) is 1. The summed E-state index contributed by atoms with van der Waals surface area (Å²) in [5.74, 6) is 0.790. The van der Waals surface area contributed by atoms with Gasteiger partial charge < -0.3 is 14.6 Å². The molecule has 4 aromatic rings. The van der Waals surface area contributed by atoms with Crippen LogP contribution in [-0.2, 0) is 18.4 Å². The minimum absolute atomic E-state index is 0.142. The first-order valence-electron chi connectivity index (χ1n) is 9.39. The van der Waals surface area contributed by atoms with Gasteiger partial charge in [0.15, 0.2) is 16.1 Å². The number of amides is 1. The monoisotopic (exact) mass is 489 g/mol. The van der Waals surface area contributed by atoms with Gasteiger partial charge in [0.05, 0.1) is 16.5 Å². The maximum atomic E-state index is 13.1. The van der Waals surface area contributed by atoms with Gasteiger partial charge in [-0.05, 0) is 36.4 Å². The third-order valence-electron chi connectivity index (χ3n) is 4.34. The minimum Gasteiger partial charge on any atom is -0.484 e. The van der Waals surface area contributed by atoms with E-state index in [0.29, 0.717) is 32.6 Å². The molecule has 11 heteroatoms. The summed E-state index contributed by atoms with van der Waals surface area (Å²) in [6, 6.07) is 13.2. The molecular weight excluding hydrogens is 473 g/mol. The van der Waals surface area contributed by atoms with E-state index in [-0.39, 0.29) is 24.1 Å². The first-order valence-corrected chi connectivity index (χ1v) is 11.6. The van der Waals surface area contributed by atoms with Gasteiger partial charge in [0.25, 0.3) is 0 Å². The molecule has 2 aromatic heterocycles. The zero-order chi connectivity index (χ0) is 22.5. The van der Waals surface area contributed by atoms with Crippen molar-refractivity contribution in [3.05, 3.63) is 70.6 Å². The van der Waals surface area contributed by atoms with Crippen molar-refractivity contribution in [3.8, 4) is 17.0 Å². The van der Waals surface area contributed by atoms with Gasteiger partial charge in [-0.1, -0.05) is 35.5 Å². The molecule has 1 amide bonds. The van der Waals surface area contributed by atoms with Crippen molar-refractivity contribution in [2.75, 3.05) is 11.1 Å². The zero-order valence-corrected chi connectivity index (χ0v) is 19.2. The van der Waals surface area contributed by atoms with Gasteiger partial charge in [-0.25, -0.2) is 9.37 Å². The lowest BCUT2D eigenvalue weighted by molar-refractivity contribution is -0.113. The van der Waals surface area contributed by atoms with Crippen LogP contribution in [0.1, 0.15) is 5.82 Å². The summed E-state index contributed by atoms with van der Waals surface area (Å²) in [6.45, 7) is 0.200. The summed E-state index contributed by atoms with van der Waals surface area (Å²) in [6.07, 6.45) is 0. The molecule has 1 N–H and O–H groups in total. The van der Waals surface area contributed by atoms with E-state index in [1.165, 1.54) is 35.2 Å². The number of hydrogen-bond acceptors (Lipinski definition) is 7. The highest BCUT2D eigenvalue weighted by molar-refractivity contribution is 7.99. The molecular formula is C21H17ClFN5O2S2. The number of thioether (sulfide) groups is 1. The van der Waals surface area contributed by atoms with E-state index in [0.717, 1.165) is 5.56 Å². The lowest BCUT2D eigenvalue weighted by atomic mass is 10.2. The lowest BCUT2D eigenvalue weighted by Gasteiger charge is -2.07. The molecule has 0 saturated carbocycles. The second-order valence-electron chi connectivity index (χ2n) is 6.56. The quantitative estimate of drug-likeness (QED) is 0.349. The van der Waals surface area contributed by atoms with Crippen LogP contribution in [0.15, 0.2) is 59.1 Å². The van der Waals surface area contributed by atoms with Crippen LogP contribution in [0.4, 0.5) is 9.52 Å². The number of thiazole rings is 1. The number of ether oxygens (including phenoxy) is 1. The number of rotatable bonds is 8. The Morgan fingerprint density at radius 3 is 2.78 bits per heavy atom. The minimum atomic E-state index is -0.308. The smallest absolute Gasteiger partial charge is 0.236 e. The molecule has 0 bridgehead atoms. The molecule has 2 heterocycles. The number of benzene rings is 2. The Kier molecular flexibility index (Phi) is 7.03. The molecule has 32 heavy (non-hydrogen) atoms. The summed E-state index contributed by atoms with van der Waals surface area (Å²) < 4.78 is 20.5. The SMILES string of the molecule is Cn1c(COc2ccccc2Cl)nnc1SCC(=O)Nc1nc(-c2ccc(F)cc2)cs1. The summed E-state index contributed by atoms with van der Waals surface area (Å²) in [5, 5.41) is 14.4. The zero-order valence-electron chi connectivity index (χ0n) is 16.8. The normalized spacial score (nSPS) is 10.8. The van der Waals surface area contributed by atoms with E-state index in [4.69, 9.17) is 16.3 Å². The highest BCUT2D eigenvalue weighted by Gasteiger charge is 2.14. The van der Waals surface area contributed by atoms with Gasteiger partial charge in [-0.2, -0.15) is 0 Å². The standard InChI is InChI=1S/C21H17ClFN5O2S2/c1-28-18(10-30-17-5-3-2-4-15(17)22)26-27-21(28)32-12-19(29)25-20-24-16(11-31-20)13-6-8-14(23)9-7-13/h2-9,11H,10,12H2,1H3,(H,24,25,29). The molecule has 0 aliphatic heterocycles. The first kappa shape index (κ1) is 22.3. The first-order chi connectivity index (χ1) is 15.5. The molecule has 164 valence electrons.